The largest absolute Gasteiger partial charge is 0.310 e. The first kappa shape index (κ1) is 36.9. The van der Waals surface area contributed by atoms with Crippen LogP contribution >= 0.6 is 0 Å². The molecule has 1 heterocycles. The van der Waals surface area contributed by atoms with Crippen molar-refractivity contribution >= 4 is 49.6 Å². The fourth-order valence-corrected chi connectivity index (χ4v) is 10.4. The Morgan fingerprint density at radius 1 is 0.381 bits per heavy atom. The van der Waals surface area contributed by atoms with Crippen molar-refractivity contribution in [3.8, 4) is 50.2 Å². The first-order valence-corrected chi connectivity index (χ1v) is 21.9. The number of hydrogen-bond donors (Lipinski definition) is 0. The van der Waals surface area contributed by atoms with Gasteiger partial charge in [0.1, 0.15) is 0 Å². The van der Waals surface area contributed by atoms with Crippen molar-refractivity contribution in [2.75, 3.05) is 4.90 Å². The molecule has 0 aliphatic heterocycles. The molecule has 1 aliphatic rings. The van der Waals surface area contributed by atoms with Gasteiger partial charge in [0.25, 0.3) is 0 Å². The van der Waals surface area contributed by atoms with E-state index < -0.39 is 0 Å². The molecule has 0 unspecified atom stereocenters. The Bertz CT molecular complexity index is 3390. The van der Waals surface area contributed by atoms with Crippen molar-refractivity contribution < 1.29 is 0 Å². The normalized spacial score (nSPS) is 12.7. The molecule has 1 aliphatic carbocycles. The molecular weight excluding hydrogens is 761 g/mol. The number of hydrogen-bond acceptors (Lipinski definition) is 1. The van der Waals surface area contributed by atoms with Crippen LogP contribution in [0.15, 0.2) is 231 Å². The van der Waals surface area contributed by atoms with Crippen molar-refractivity contribution in [3.05, 3.63) is 242 Å². The molecule has 10 aromatic carbocycles. The van der Waals surface area contributed by atoms with Crippen LogP contribution in [0.5, 0.6) is 0 Å². The second-order valence-electron chi connectivity index (χ2n) is 17.3. The van der Waals surface area contributed by atoms with E-state index in [9.17, 15) is 0 Å². The Kier molecular flexibility index (Phi) is 8.55. The third kappa shape index (κ3) is 5.94. The summed E-state index contributed by atoms with van der Waals surface area (Å²) in [6, 6.07) is 84.5. The van der Waals surface area contributed by atoms with Gasteiger partial charge in [-0.15, -0.1) is 0 Å². The molecule has 0 radical (unpaired) electrons. The smallest absolute Gasteiger partial charge is 0.0588 e. The van der Waals surface area contributed by atoms with Gasteiger partial charge >= 0.3 is 0 Å². The molecule has 12 rings (SSSR count). The number of rotatable bonds is 7. The number of fused-ring (bicyclic) bond motifs is 9. The van der Waals surface area contributed by atoms with E-state index in [1.807, 2.05) is 0 Å². The van der Waals surface area contributed by atoms with E-state index in [1.54, 1.807) is 0 Å². The average molecular weight is 805 g/mol. The molecule has 298 valence electrons. The highest BCUT2D eigenvalue weighted by atomic mass is 15.1. The zero-order chi connectivity index (χ0) is 42.1. The van der Waals surface area contributed by atoms with Crippen molar-refractivity contribution in [1.82, 2.24) is 4.57 Å². The summed E-state index contributed by atoms with van der Waals surface area (Å²) in [4.78, 5) is 2.45. The van der Waals surface area contributed by atoms with Crippen LogP contribution in [0.1, 0.15) is 25.0 Å². The van der Waals surface area contributed by atoms with Crippen LogP contribution in [0.4, 0.5) is 17.1 Å². The number of benzene rings is 10. The molecule has 0 N–H and O–H groups in total. The zero-order valence-corrected chi connectivity index (χ0v) is 35.3. The Balaban J connectivity index is 1.15. The topological polar surface area (TPSA) is 8.17 Å². The molecule has 2 heteroatoms. The van der Waals surface area contributed by atoms with E-state index in [0.29, 0.717) is 0 Å². The summed E-state index contributed by atoms with van der Waals surface area (Å²) in [5.41, 5.74) is 19.3. The lowest BCUT2D eigenvalue weighted by Gasteiger charge is -2.28. The van der Waals surface area contributed by atoms with E-state index in [2.05, 4.69) is 254 Å². The van der Waals surface area contributed by atoms with Crippen molar-refractivity contribution in [2.24, 2.45) is 0 Å². The molecule has 1 aromatic heterocycles. The molecule has 11 aromatic rings. The van der Waals surface area contributed by atoms with Gasteiger partial charge in [0.05, 0.1) is 16.7 Å². The lowest BCUT2D eigenvalue weighted by Crippen LogP contribution is -2.16. The highest BCUT2D eigenvalue weighted by Gasteiger charge is 2.38. The molecule has 0 amide bonds. The van der Waals surface area contributed by atoms with Crippen LogP contribution < -0.4 is 4.90 Å². The lowest BCUT2D eigenvalue weighted by atomic mass is 9.81. The van der Waals surface area contributed by atoms with Gasteiger partial charge in [0.2, 0.25) is 0 Å². The number of anilines is 3. The fourth-order valence-electron chi connectivity index (χ4n) is 10.4. The average Bonchev–Trinajstić information content (AvgIpc) is 3.81. The number of aromatic nitrogens is 1. The van der Waals surface area contributed by atoms with Gasteiger partial charge in [0, 0.05) is 38.6 Å². The molecule has 0 atom stereocenters. The predicted octanol–water partition coefficient (Wildman–Crippen LogP) is 16.7. The Morgan fingerprint density at radius 2 is 0.841 bits per heavy atom. The molecular formula is C61H44N2. The summed E-state index contributed by atoms with van der Waals surface area (Å²) in [5.74, 6) is 0. The number of nitrogens with zero attached hydrogens (tertiary/aromatic N) is 2. The Morgan fingerprint density at radius 3 is 1.40 bits per heavy atom. The molecule has 0 saturated heterocycles. The Labute approximate surface area is 368 Å². The minimum Gasteiger partial charge on any atom is -0.310 e. The third-order valence-corrected chi connectivity index (χ3v) is 13.4. The van der Waals surface area contributed by atoms with Crippen LogP contribution in [0.25, 0.3) is 82.8 Å². The minimum atomic E-state index is -0.215. The fraction of sp³-hybridized carbons (Fsp3) is 0.0492. The van der Waals surface area contributed by atoms with Gasteiger partial charge in [-0.05, 0) is 103 Å². The maximum Gasteiger partial charge on any atom is 0.0588 e. The molecule has 0 bridgehead atoms. The third-order valence-electron chi connectivity index (χ3n) is 13.4. The van der Waals surface area contributed by atoms with E-state index in [0.717, 1.165) is 22.7 Å². The second-order valence-corrected chi connectivity index (χ2v) is 17.3. The summed E-state index contributed by atoms with van der Waals surface area (Å²) in [6.07, 6.45) is 0. The molecule has 0 saturated carbocycles. The SMILES string of the molecule is CC1(C)c2ccccc2-c2ccc3c4c5ccccc5c(N(c5ccc(-c6ccccc6)cc5)c5ccc(-c6ccccc6)cc5)cc4n(-c4ccc(-c5ccccc5)cc4)c3c21. The predicted molar refractivity (Wildman–Crippen MR) is 267 cm³/mol. The summed E-state index contributed by atoms with van der Waals surface area (Å²) in [5, 5.41) is 4.97. The Hall–Kier alpha value is -7.94. The summed E-state index contributed by atoms with van der Waals surface area (Å²) in [6.45, 7) is 4.81. The summed E-state index contributed by atoms with van der Waals surface area (Å²) >= 11 is 0. The maximum atomic E-state index is 2.57. The molecule has 2 nitrogen and oxygen atoms in total. The first-order valence-electron chi connectivity index (χ1n) is 21.9. The highest BCUT2D eigenvalue weighted by Crippen LogP contribution is 2.54. The van der Waals surface area contributed by atoms with Crippen molar-refractivity contribution in [3.63, 3.8) is 0 Å². The van der Waals surface area contributed by atoms with E-state index in [1.165, 1.54) is 88.2 Å². The summed E-state index contributed by atoms with van der Waals surface area (Å²) < 4.78 is 2.57. The van der Waals surface area contributed by atoms with Crippen molar-refractivity contribution in [1.29, 1.82) is 0 Å². The lowest BCUT2D eigenvalue weighted by molar-refractivity contribution is 0.664. The van der Waals surface area contributed by atoms with E-state index in [-0.39, 0.29) is 5.41 Å². The van der Waals surface area contributed by atoms with Crippen LogP contribution in [-0.4, -0.2) is 4.57 Å². The van der Waals surface area contributed by atoms with Gasteiger partial charge in [-0.3, -0.25) is 0 Å². The first-order chi connectivity index (χ1) is 31.0. The van der Waals surface area contributed by atoms with Gasteiger partial charge in [-0.25, -0.2) is 0 Å². The standard InChI is InChI=1S/C61H44N2/c1-61(2)55-25-15-14-22-50(55)53-38-39-54-58-52-24-13-12-23-51(52)56(40-57(58)63(60(54)59(53)61)49-36-30-46(31-37-49)43-20-10-5-11-21-43)62(47-32-26-44(27-33-47)41-16-6-3-7-17-41)48-34-28-45(29-35-48)42-18-8-4-9-19-42/h3-40H,1-2H3. The highest BCUT2D eigenvalue weighted by molar-refractivity contribution is 6.26. The van der Waals surface area contributed by atoms with Crippen LogP contribution in [0.3, 0.4) is 0 Å². The van der Waals surface area contributed by atoms with Gasteiger partial charge in [0.15, 0.2) is 0 Å². The van der Waals surface area contributed by atoms with Gasteiger partial charge in [-0.2, -0.15) is 0 Å². The van der Waals surface area contributed by atoms with Gasteiger partial charge < -0.3 is 9.47 Å². The van der Waals surface area contributed by atoms with Crippen LogP contribution in [-0.2, 0) is 5.41 Å². The second kappa shape index (κ2) is 14.6. The van der Waals surface area contributed by atoms with E-state index in [4.69, 9.17) is 0 Å². The summed E-state index contributed by atoms with van der Waals surface area (Å²) in [7, 11) is 0. The molecule has 63 heavy (non-hydrogen) atoms. The quantitative estimate of drug-likeness (QED) is 0.156. The molecule has 0 spiro atoms. The monoisotopic (exact) mass is 804 g/mol. The van der Waals surface area contributed by atoms with E-state index >= 15 is 0 Å². The minimum absolute atomic E-state index is 0.215. The zero-order valence-electron chi connectivity index (χ0n) is 35.3. The van der Waals surface area contributed by atoms with Crippen LogP contribution in [0.2, 0.25) is 0 Å². The van der Waals surface area contributed by atoms with Gasteiger partial charge in [-0.1, -0.05) is 202 Å². The molecule has 0 fully saturated rings. The maximum absolute atomic E-state index is 2.57. The van der Waals surface area contributed by atoms with Crippen LogP contribution in [0, 0.1) is 0 Å². The van der Waals surface area contributed by atoms with Crippen molar-refractivity contribution in [2.45, 2.75) is 19.3 Å².